The Kier molecular flexibility index (Phi) is 3.21. The van der Waals surface area contributed by atoms with Crippen molar-refractivity contribution < 1.29 is 19.4 Å². The van der Waals surface area contributed by atoms with E-state index in [0.29, 0.717) is 0 Å². The molecule has 1 atom stereocenters. The number of carboxylic acid groups (broad SMARTS) is 1. The Morgan fingerprint density at radius 2 is 2.15 bits per heavy atom. The van der Waals surface area contributed by atoms with Gasteiger partial charge in [-0.25, -0.2) is 9.18 Å². The first-order valence-electron chi connectivity index (χ1n) is 3.39. The van der Waals surface area contributed by atoms with Crippen molar-refractivity contribution in [3.63, 3.8) is 0 Å². The van der Waals surface area contributed by atoms with Crippen LogP contribution in [0.5, 0.6) is 0 Å². The van der Waals surface area contributed by atoms with Crippen molar-refractivity contribution in [3.05, 3.63) is 33.1 Å². The smallest absolute Gasteiger partial charge is 0.337 e. The Morgan fingerprint density at radius 1 is 1.54 bits per heavy atom. The highest BCUT2D eigenvalue weighted by Gasteiger charge is 2.19. The number of aliphatic carboxylic acids is 1. The number of carboxylic acids is 1. The van der Waals surface area contributed by atoms with E-state index in [4.69, 9.17) is 10.2 Å². The van der Waals surface area contributed by atoms with Crippen LogP contribution in [0.1, 0.15) is 11.7 Å². The second kappa shape index (κ2) is 4.01. The van der Waals surface area contributed by atoms with Crippen LogP contribution in [0, 0.1) is 9.39 Å². The molecule has 0 aliphatic rings. The maximum Gasteiger partial charge on any atom is 0.337 e. The van der Waals surface area contributed by atoms with E-state index >= 15 is 0 Å². The van der Waals surface area contributed by atoms with Crippen LogP contribution < -0.4 is 0 Å². The van der Waals surface area contributed by atoms with Crippen molar-refractivity contribution in [3.8, 4) is 0 Å². The third-order valence-corrected chi connectivity index (χ3v) is 2.65. The van der Waals surface area contributed by atoms with E-state index in [1.165, 1.54) is 18.2 Å². The molecule has 13 heavy (non-hydrogen) atoms. The normalized spacial score (nSPS) is 12.5. The lowest BCUT2D eigenvalue weighted by Gasteiger charge is -2.07. The number of aliphatic hydroxyl groups excluding tert-OH is 1. The molecule has 0 aliphatic carbocycles. The summed E-state index contributed by atoms with van der Waals surface area (Å²) in [6.07, 6.45) is -1.66. The quantitative estimate of drug-likeness (QED) is 0.814. The van der Waals surface area contributed by atoms with Gasteiger partial charge in [0, 0.05) is 5.56 Å². The zero-order valence-electron chi connectivity index (χ0n) is 6.37. The second-order valence-electron chi connectivity index (χ2n) is 2.38. The Hall–Kier alpha value is -0.690. The van der Waals surface area contributed by atoms with Gasteiger partial charge in [-0.3, -0.25) is 0 Å². The van der Waals surface area contributed by atoms with E-state index in [1.807, 2.05) is 0 Å². The lowest BCUT2D eigenvalue weighted by atomic mass is 10.1. The van der Waals surface area contributed by atoms with E-state index in [2.05, 4.69) is 0 Å². The average molecular weight is 296 g/mol. The first-order chi connectivity index (χ1) is 6.04. The van der Waals surface area contributed by atoms with Crippen molar-refractivity contribution in [2.75, 3.05) is 0 Å². The minimum atomic E-state index is -1.66. The van der Waals surface area contributed by atoms with Gasteiger partial charge in [-0.15, -0.1) is 0 Å². The molecule has 5 heteroatoms. The predicted octanol–water partition coefficient (Wildman–Crippen LogP) is 1.55. The lowest BCUT2D eigenvalue weighted by molar-refractivity contribution is -0.147. The van der Waals surface area contributed by atoms with Crippen LogP contribution in [0.4, 0.5) is 4.39 Å². The summed E-state index contributed by atoms with van der Waals surface area (Å²) >= 11 is 1.66. The molecule has 0 amide bonds. The van der Waals surface area contributed by atoms with E-state index < -0.39 is 17.9 Å². The molecular formula is C8H6FIO3. The molecule has 1 aromatic rings. The maximum absolute atomic E-state index is 12.9. The number of benzene rings is 1. The summed E-state index contributed by atoms with van der Waals surface area (Å²) < 4.78 is 13.0. The van der Waals surface area contributed by atoms with E-state index in [-0.39, 0.29) is 9.13 Å². The van der Waals surface area contributed by atoms with E-state index in [1.54, 1.807) is 22.6 Å². The Morgan fingerprint density at radius 3 is 2.69 bits per heavy atom. The molecule has 70 valence electrons. The predicted molar refractivity (Wildman–Crippen MR) is 51.7 cm³/mol. The van der Waals surface area contributed by atoms with Crippen molar-refractivity contribution >= 4 is 28.6 Å². The molecule has 0 heterocycles. The zero-order valence-corrected chi connectivity index (χ0v) is 8.53. The highest BCUT2D eigenvalue weighted by atomic mass is 127. The SMILES string of the molecule is O=C(O)C(O)c1cccc(F)c1I. The van der Waals surface area contributed by atoms with Crippen LogP contribution in [0.25, 0.3) is 0 Å². The van der Waals surface area contributed by atoms with Crippen LogP contribution in [0.3, 0.4) is 0 Å². The summed E-state index contributed by atoms with van der Waals surface area (Å²) in [7, 11) is 0. The van der Waals surface area contributed by atoms with Gasteiger partial charge in [0.15, 0.2) is 6.10 Å². The highest BCUT2D eigenvalue weighted by molar-refractivity contribution is 14.1. The Balaban J connectivity index is 3.15. The number of hydrogen-bond acceptors (Lipinski definition) is 2. The molecular weight excluding hydrogens is 290 g/mol. The van der Waals surface area contributed by atoms with Crippen molar-refractivity contribution in [2.45, 2.75) is 6.10 Å². The summed E-state index contributed by atoms with van der Waals surface area (Å²) in [5.74, 6) is -1.91. The fourth-order valence-corrected chi connectivity index (χ4v) is 1.52. The van der Waals surface area contributed by atoms with Gasteiger partial charge in [-0.2, -0.15) is 0 Å². The molecule has 2 N–H and O–H groups in total. The number of carbonyl (C=O) groups is 1. The third-order valence-electron chi connectivity index (χ3n) is 1.51. The third kappa shape index (κ3) is 2.16. The van der Waals surface area contributed by atoms with Gasteiger partial charge in [0.1, 0.15) is 5.82 Å². The van der Waals surface area contributed by atoms with Crippen LogP contribution in [0.2, 0.25) is 0 Å². The summed E-state index contributed by atoms with van der Waals surface area (Å²) in [6.45, 7) is 0. The molecule has 0 fully saturated rings. The van der Waals surface area contributed by atoms with Crippen LogP contribution in [-0.2, 0) is 4.79 Å². The standard InChI is InChI=1S/C8H6FIO3/c9-5-3-1-2-4(6(5)10)7(11)8(12)13/h1-3,7,11H,(H,12,13). The number of rotatable bonds is 2. The minimum Gasteiger partial charge on any atom is -0.479 e. The molecule has 0 saturated heterocycles. The molecule has 1 unspecified atom stereocenters. The highest BCUT2D eigenvalue weighted by Crippen LogP contribution is 2.22. The fourth-order valence-electron chi connectivity index (χ4n) is 0.865. The molecule has 0 bridgehead atoms. The van der Waals surface area contributed by atoms with Gasteiger partial charge in [0.05, 0.1) is 3.57 Å². The van der Waals surface area contributed by atoms with Gasteiger partial charge >= 0.3 is 5.97 Å². The number of aliphatic hydroxyl groups is 1. The van der Waals surface area contributed by atoms with Crippen molar-refractivity contribution in [2.24, 2.45) is 0 Å². The monoisotopic (exact) mass is 296 g/mol. The van der Waals surface area contributed by atoms with Crippen molar-refractivity contribution in [1.82, 2.24) is 0 Å². The van der Waals surface area contributed by atoms with Gasteiger partial charge in [-0.05, 0) is 28.7 Å². The van der Waals surface area contributed by atoms with Gasteiger partial charge < -0.3 is 10.2 Å². The average Bonchev–Trinajstić information content (AvgIpc) is 2.08. The molecule has 0 aliphatic heterocycles. The van der Waals surface area contributed by atoms with Crippen LogP contribution in [-0.4, -0.2) is 16.2 Å². The van der Waals surface area contributed by atoms with Crippen LogP contribution in [0.15, 0.2) is 18.2 Å². The van der Waals surface area contributed by atoms with Gasteiger partial charge in [0.25, 0.3) is 0 Å². The maximum atomic E-state index is 12.9. The Labute approximate surface area is 87.3 Å². The summed E-state index contributed by atoms with van der Waals surface area (Å²) in [4.78, 5) is 10.4. The largest absolute Gasteiger partial charge is 0.479 e. The summed E-state index contributed by atoms with van der Waals surface area (Å²) in [6, 6.07) is 3.95. The van der Waals surface area contributed by atoms with E-state index in [0.717, 1.165) is 0 Å². The second-order valence-corrected chi connectivity index (χ2v) is 3.46. The van der Waals surface area contributed by atoms with Gasteiger partial charge in [-0.1, -0.05) is 12.1 Å². The molecule has 0 saturated carbocycles. The molecule has 0 radical (unpaired) electrons. The van der Waals surface area contributed by atoms with Crippen molar-refractivity contribution in [1.29, 1.82) is 0 Å². The van der Waals surface area contributed by atoms with E-state index in [9.17, 15) is 9.18 Å². The Bertz CT molecular complexity index is 340. The molecule has 1 aromatic carbocycles. The summed E-state index contributed by atoms with van der Waals surface area (Å²) in [5.41, 5.74) is 0.0769. The zero-order chi connectivity index (χ0) is 10.0. The molecule has 0 spiro atoms. The fraction of sp³-hybridized carbons (Fsp3) is 0.125. The molecule has 1 rings (SSSR count). The summed E-state index contributed by atoms with van der Waals surface area (Å²) in [5, 5.41) is 17.6. The first-order valence-corrected chi connectivity index (χ1v) is 4.46. The molecule has 0 aromatic heterocycles. The number of halogens is 2. The van der Waals surface area contributed by atoms with Gasteiger partial charge in [0.2, 0.25) is 0 Å². The first kappa shape index (κ1) is 10.4. The molecule has 3 nitrogen and oxygen atoms in total. The lowest BCUT2D eigenvalue weighted by Crippen LogP contribution is -2.12. The minimum absolute atomic E-state index is 0.0769. The van der Waals surface area contributed by atoms with Crippen LogP contribution >= 0.6 is 22.6 Å². The number of hydrogen-bond donors (Lipinski definition) is 2. The topological polar surface area (TPSA) is 57.5 Å².